The average Bonchev–Trinajstić information content (AvgIpc) is 2.63. The Bertz CT molecular complexity index is 805. The number of carbonyl (C=O) groups is 3. The molecule has 1 heterocycles. The van der Waals surface area contributed by atoms with Crippen molar-refractivity contribution in [3.05, 3.63) is 41.2 Å². The number of benzene rings is 1. The fourth-order valence-electron chi connectivity index (χ4n) is 2.57. The molecule has 0 spiro atoms. The highest BCUT2D eigenvalue weighted by Crippen LogP contribution is 2.22. The number of aliphatic hydroxyl groups excluding tert-OH is 1. The van der Waals surface area contributed by atoms with Gasteiger partial charge in [0.05, 0.1) is 13.0 Å². The van der Waals surface area contributed by atoms with Gasteiger partial charge in [-0.05, 0) is 17.7 Å². The van der Waals surface area contributed by atoms with E-state index in [1.807, 2.05) is 5.32 Å². The standard InChI is InChI=1S/C18H19F3N2O6/c19-18(20,21)6-8-29-12-3-1-11(2-4-12)10-23-7-5-13(24)15(17(23)28)16(27)22-9-14(25)26/h1-4,24H,5-10H2,(H,22,27)(H,25,26). The Labute approximate surface area is 163 Å². The van der Waals surface area contributed by atoms with Gasteiger partial charge in [0.15, 0.2) is 0 Å². The number of hydrogen-bond acceptors (Lipinski definition) is 5. The molecule has 11 heteroatoms. The highest BCUT2D eigenvalue weighted by atomic mass is 19.4. The number of nitrogens with one attached hydrogen (secondary N) is 1. The van der Waals surface area contributed by atoms with Crippen molar-refractivity contribution in [2.75, 3.05) is 19.7 Å². The maximum Gasteiger partial charge on any atom is 0.392 e. The van der Waals surface area contributed by atoms with Crippen molar-refractivity contribution in [2.24, 2.45) is 0 Å². The van der Waals surface area contributed by atoms with Gasteiger partial charge < -0.3 is 25.2 Å². The van der Waals surface area contributed by atoms with E-state index in [1.165, 1.54) is 17.0 Å². The average molecular weight is 416 g/mol. The van der Waals surface area contributed by atoms with Crippen LogP contribution in [0.25, 0.3) is 0 Å². The molecule has 2 rings (SSSR count). The second kappa shape index (κ2) is 9.30. The molecule has 0 fully saturated rings. The molecule has 1 aliphatic rings. The van der Waals surface area contributed by atoms with Gasteiger partial charge in [0, 0.05) is 19.5 Å². The van der Waals surface area contributed by atoms with E-state index in [0.29, 0.717) is 5.56 Å². The van der Waals surface area contributed by atoms with Crippen molar-refractivity contribution in [1.29, 1.82) is 0 Å². The number of carboxylic acid groups (broad SMARTS) is 1. The number of nitrogens with zero attached hydrogens (tertiary/aromatic N) is 1. The number of ether oxygens (including phenoxy) is 1. The molecule has 0 saturated heterocycles. The van der Waals surface area contributed by atoms with Gasteiger partial charge >= 0.3 is 12.1 Å². The largest absolute Gasteiger partial charge is 0.511 e. The maximum absolute atomic E-state index is 12.5. The lowest BCUT2D eigenvalue weighted by Crippen LogP contribution is -2.43. The lowest BCUT2D eigenvalue weighted by Gasteiger charge is -2.28. The summed E-state index contributed by atoms with van der Waals surface area (Å²) in [4.78, 5) is 36.3. The van der Waals surface area contributed by atoms with Crippen LogP contribution in [0.3, 0.4) is 0 Å². The molecule has 158 valence electrons. The fraction of sp³-hybridized carbons (Fsp3) is 0.389. The second-order valence-corrected chi connectivity index (χ2v) is 6.23. The minimum atomic E-state index is -4.30. The fourth-order valence-corrected chi connectivity index (χ4v) is 2.57. The molecule has 29 heavy (non-hydrogen) atoms. The summed E-state index contributed by atoms with van der Waals surface area (Å²) in [5, 5.41) is 20.5. The summed E-state index contributed by atoms with van der Waals surface area (Å²) in [6, 6.07) is 6.07. The molecule has 0 radical (unpaired) electrons. The molecular formula is C18H19F3N2O6. The zero-order valence-electron chi connectivity index (χ0n) is 15.2. The predicted molar refractivity (Wildman–Crippen MR) is 92.9 cm³/mol. The van der Waals surface area contributed by atoms with Crippen LogP contribution in [-0.4, -0.2) is 58.8 Å². The molecule has 8 nitrogen and oxygen atoms in total. The highest BCUT2D eigenvalue weighted by Gasteiger charge is 2.32. The van der Waals surface area contributed by atoms with Crippen LogP contribution in [0.5, 0.6) is 5.75 Å². The molecule has 0 atom stereocenters. The maximum atomic E-state index is 12.5. The number of alkyl halides is 3. The van der Waals surface area contributed by atoms with Crippen LogP contribution in [0.15, 0.2) is 35.6 Å². The van der Waals surface area contributed by atoms with Gasteiger partial charge in [0.2, 0.25) is 0 Å². The quantitative estimate of drug-likeness (QED) is 0.556. The first kappa shape index (κ1) is 22.1. The molecular weight excluding hydrogens is 397 g/mol. The zero-order valence-corrected chi connectivity index (χ0v) is 15.2. The van der Waals surface area contributed by atoms with Crippen LogP contribution >= 0.6 is 0 Å². The summed E-state index contributed by atoms with van der Waals surface area (Å²) in [7, 11) is 0. The molecule has 2 amide bonds. The summed E-state index contributed by atoms with van der Waals surface area (Å²) in [6.45, 7) is -0.972. The number of hydrogen-bond donors (Lipinski definition) is 3. The molecule has 0 aliphatic carbocycles. The Kier molecular flexibility index (Phi) is 7.08. The van der Waals surface area contributed by atoms with E-state index >= 15 is 0 Å². The summed E-state index contributed by atoms with van der Waals surface area (Å²) >= 11 is 0. The summed E-state index contributed by atoms with van der Waals surface area (Å²) in [5.74, 6) is -3.19. The highest BCUT2D eigenvalue weighted by molar-refractivity contribution is 6.19. The summed E-state index contributed by atoms with van der Waals surface area (Å²) < 4.78 is 41.4. The minimum Gasteiger partial charge on any atom is -0.511 e. The number of aliphatic hydroxyl groups is 1. The van der Waals surface area contributed by atoms with E-state index < -0.39 is 54.9 Å². The molecule has 0 unspecified atom stereocenters. The second-order valence-electron chi connectivity index (χ2n) is 6.23. The number of carboxylic acids is 1. The lowest BCUT2D eigenvalue weighted by molar-refractivity contribution is -0.139. The predicted octanol–water partition coefficient (Wildman–Crippen LogP) is 1.76. The van der Waals surface area contributed by atoms with E-state index in [1.54, 1.807) is 12.1 Å². The Morgan fingerprint density at radius 3 is 2.45 bits per heavy atom. The van der Waals surface area contributed by atoms with Crippen LogP contribution in [0.2, 0.25) is 0 Å². The number of rotatable bonds is 8. The number of halogens is 3. The normalized spacial score (nSPS) is 14.7. The van der Waals surface area contributed by atoms with Crippen molar-refractivity contribution in [3.63, 3.8) is 0 Å². The van der Waals surface area contributed by atoms with Crippen molar-refractivity contribution in [2.45, 2.75) is 25.6 Å². The van der Waals surface area contributed by atoms with Crippen LogP contribution in [0.4, 0.5) is 13.2 Å². The lowest BCUT2D eigenvalue weighted by atomic mass is 10.0. The van der Waals surface area contributed by atoms with Gasteiger partial charge in [0.25, 0.3) is 11.8 Å². The van der Waals surface area contributed by atoms with Crippen LogP contribution in [0, 0.1) is 0 Å². The third-order valence-corrected chi connectivity index (χ3v) is 3.99. The number of carbonyl (C=O) groups excluding carboxylic acids is 2. The first-order chi connectivity index (χ1) is 13.6. The van der Waals surface area contributed by atoms with Gasteiger partial charge in [-0.3, -0.25) is 14.4 Å². The molecule has 1 aromatic rings. The van der Waals surface area contributed by atoms with Crippen molar-refractivity contribution >= 4 is 17.8 Å². The third-order valence-electron chi connectivity index (χ3n) is 3.99. The van der Waals surface area contributed by atoms with Gasteiger partial charge in [-0.25, -0.2) is 0 Å². The van der Waals surface area contributed by atoms with Gasteiger partial charge in [-0.2, -0.15) is 13.2 Å². The molecule has 0 saturated carbocycles. The minimum absolute atomic E-state index is 0.0280. The number of amides is 2. The zero-order chi connectivity index (χ0) is 21.6. The molecule has 0 aromatic heterocycles. The van der Waals surface area contributed by atoms with Gasteiger partial charge in [0.1, 0.15) is 23.6 Å². The SMILES string of the molecule is O=C(O)CNC(=O)C1=C(O)CCN(Cc2ccc(OCCC(F)(F)F)cc2)C1=O. The Balaban J connectivity index is 1.97. The van der Waals surface area contributed by atoms with Crippen LogP contribution in [-0.2, 0) is 20.9 Å². The smallest absolute Gasteiger partial charge is 0.392 e. The van der Waals surface area contributed by atoms with Crippen molar-refractivity contribution in [3.8, 4) is 5.75 Å². The first-order valence-electron chi connectivity index (χ1n) is 8.56. The Morgan fingerprint density at radius 2 is 1.86 bits per heavy atom. The monoisotopic (exact) mass is 416 g/mol. The van der Waals surface area contributed by atoms with Gasteiger partial charge in [-0.1, -0.05) is 12.1 Å². The topological polar surface area (TPSA) is 116 Å². The first-order valence-corrected chi connectivity index (χ1v) is 8.56. The summed E-state index contributed by atoms with van der Waals surface area (Å²) in [6.07, 6.45) is -5.35. The van der Waals surface area contributed by atoms with Crippen molar-refractivity contribution in [1.82, 2.24) is 10.2 Å². The van der Waals surface area contributed by atoms with E-state index in [2.05, 4.69) is 0 Å². The van der Waals surface area contributed by atoms with E-state index in [4.69, 9.17) is 9.84 Å². The third kappa shape index (κ3) is 6.70. The van der Waals surface area contributed by atoms with E-state index in [9.17, 15) is 32.7 Å². The van der Waals surface area contributed by atoms with E-state index in [0.717, 1.165) is 0 Å². The number of aliphatic carboxylic acids is 1. The molecule has 1 aliphatic heterocycles. The van der Waals surface area contributed by atoms with Crippen molar-refractivity contribution < 1.29 is 42.5 Å². The molecule has 1 aromatic carbocycles. The van der Waals surface area contributed by atoms with Gasteiger partial charge in [-0.15, -0.1) is 0 Å². The van der Waals surface area contributed by atoms with E-state index in [-0.39, 0.29) is 25.3 Å². The molecule has 3 N–H and O–H groups in total. The Morgan fingerprint density at radius 1 is 1.21 bits per heavy atom. The summed E-state index contributed by atoms with van der Waals surface area (Å²) in [5.41, 5.74) is 0.123. The molecule has 0 bridgehead atoms. The van der Waals surface area contributed by atoms with Crippen LogP contribution in [0.1, 0.15) is 18.4 Å². The van der Waals surface area contributed by atoms with Crippen LogP contribution < -0.4 is 10.1 Å². The Hall–Kier alpha value is -3.24.